The van der Waals surface area contributed by atoms with Crippen LogP contribution in [0.3, 0.4) is 0 Å². The second-order valence-corrected chi connectivity index (χ2v) is 6.55. The average Bonchev–Trinajstić information content (AvgIpc) is 2.92. The zero-order chi connectivity index (χ0) is 14.4. The largest absolute Gasteiger partial charge is 0.0720 e. The maximum atomic E-state index is 3.74. The molecule has 0 radical (unpaired) electrons. The van der Waals surface area contributed by atoms with E-state index in [-0.39, 0.29) is 0 Å². The fourth-order valence-electron chi connectivity index (χ4n) is 3.17. The smallest absolute Gasteiger partial charge is 0.0279 e. The number of allylic oxidation sites excluding steroid dienone is 1. The lowest BCUT2D eigenvalue weighted by Gasteiger charge is -2.14. The molecule has 3 aromatic carbocycles. The van der Waals surface area contributed by atoms with Gasteiger partial charge in [-0.3, -0.25) is 0 Å². The average molecular weight is 335 g/mol. The number of hydrogen-bond donors (Lipinski definition) is 0. The van der Waals surface area contributed by atoms with Gasteiger partial charge < -0.3 is 0 Å². The molecule has 1 aliphatic rings. The number of benzene rings is 3. The van der Waals surface area contributed by atoms with E-state index in [1.165, 1.54) is 37.5 Å². The maximum absolute atomic E-state index is 3.74. The molecule has 21 heavy (non-hydrogen) atoms. The van der Waals surface area contributed by atoms with E-state index in [4.69, 9.17) is 0 Å². The van der Waals surface area contributed by atoms with Crippen LogP contribution in [-0.2, 0) is 0 Å². The number of halogens is 1. The third-order valence-electron chi connectivity index (χ3n) is 4.24. The van der Waals surface area contributed by atoms with Crippen LogP contribution < -0.4 is 0 Å². The summed E-state index contributed by atoms with van der Waals surface area (Å²) < 4.78 is 1.18. The number of rotatable bonds is 1. The molecule has 0 fully saturated rings. The monoisotopic (exact) mass is 334 g/mol. The lowest BCUT2D eigenvalue weighted by molar-refractivity contribution is 1.05. The first-order chi connectivity index (χ1) is 10.2. The highest BCUT2D eigenvalue weighted by Gasteiger charge is 2.19. The van der Waals surface area contributed by atoms with Crippen LogP contribution in [0.4, 0.5) is 0 Å². The zero-order valence-corrected chi connectivity index (χ0v) is 13.4. The summed E-state index contributed by atoms with van der Waals surface area (Å²) in [4.78, 5) is 0. The Morgan fingerprint density at radius 1 is 0.952 bits per heavy atom. The van der Waals surface area contributed by atoms with Crippen molar-refractivity contribution in [3.05, 3.63) is 87.4 Å². The van der Waals surface area contributed by atoms with Crippen LogP contribution in [0.2, 0.25) is 0 Å². The Labute approximate surface area is 133 Å². The molecule has 1 unspecified atom stereocenters. The molecule has 1 atom stereocenters. The highest BCUT2D eigenvalue weighted by Crippen LogP contribution is 2.38. The van der Waals surface area contributed by atoms with E-state index in [2.05, 4.69) is 89.6 Å². The lowest BCUT2D eigenvalue weighted by atomic mass is 9.91. The zero-order valence-electron chi connectivity index (χ0n) is 11.8. The third kappa shape index (κ3) is 2.13. The normalized spacial score (nSPS) is 16.4. The molecular weight excluding hydrogens is 320 g/mol. The van der Waals surface area contributed by atoms with Gasteiger partial charge in [-0.25, -0.2) is 0 Å². The Kier molecular flexibility index (Phi) is 2.97. The number of fused-ring (bicyclic) bond motifs is 2. The standard InChI is InChI=1S/C20H15Br/c1-13-6-7-15-11-16(12-20(21)19(15)10-13)18-9-8-14-4-2-3-5-17(14)18/h2-12,18H,1H3. The summed E-state index contributed by atoms with van der Waals surface area (Å²) in [5, 5.41) is 2.58. The van der Waals surface area contributed by atoms with Gasteiger partial charge >= 0.3 is 0 Å². The van der Waals surface area contributed by atoms with E-state index in [1.807, 2.05) is 0 Å². The summed E-state index contributed by atoms with van der Waals surface area (Å²) in [7, 11) is 0. The molecule has 0 aliphatic heterocycles. The molecule has 0 saturated heterocycles. The Morgan fingerprint density at radius 3 is 2.71 bits per heavy atom. The van der Waals surface area contributed by atoms with Gasteiger partial charge in [-0.2, -0.15) is 0 Å². The van der Waals surface area contributed by atoms with Crippen molar-refractivity contribution in [2.75, 3.05) is 0 Å². The molecule has 0 heterocycles. The molecule has 0 aromatic heterocycles. The van der Waals surface area contributed by atoms with E-state index < -0.39 is 0 Å². The van der Waals surface area contributed by atoms with Crippen molar-refractivity contribution in [2.24, 2.45) is 0 Å². The van der Waals surface area contributed by atoms with Crippen molar-refractivity contribution in [3.8, 4) is 0 Å². The van der Waals surface area contributed by atoms with E-state index >= 15 is 0 Å². The van der Waals surface area contributed by atoms with Crippen molar-refractivity contribution < 1.29 is 0 Å². The van der Waals surface area contributed by atoms with Gasteiger partial charge in [-0.05, 0) is 40.5 Å². The predicted molar refractivity (Wildman–Crippen MR) is 93.7 cm³/mol. The second-order valence-electron chi connectivity index (χ2n) is 5.69. The summed E-state index contributed by atoms with van der Waals surface area (Å²) in [5.41, 5.74) is 5.37. The van der Waals surface area contributed by atoms with Gasteiger partial charge in [0.05, 0.1) is 0 Å². The second kappa shape index (κ2) is 4.85. The Morgan fingerprint density at radius 2 is 1.81 bits per heavy atom. The van der Waals surface area contributed by atoms with Gasteiger partial charge in [-0.1, -0.05) is 82.2 Å². The van der Waals surface area contributed by atoms with Crippen LogP contribution in [0.5, 0.6) is 0 Å². The molecule has 0 amide bonds. The van der Waals surface area contributed by atoms with Crippen LogP contribution in [0.15, 0.2) is 65.1 Å². The molecule has 0 bridgehead atoms. The SMILES string of the molecule is Cc1ccc2cc(C3C=Cc4ccccc43)cc(Br)c2c1. The summed E-state index contributed by atoms with van der Waals surface area (Å²) in [5.74, 6) is 0.364. The van der Waals surface area contributed by atoms with Crippen LogP contribution in [0.25, 0.3) is 16.8 Å². The molecule has 3 aromatic rings. The molecule has 0 spiro atoms. The van der Waals surface area contributed by atoms with E-state index in [9.17, 15) is 0 Å². The Hall–Kier alpha value is -1.86. The van der Waals surface area contributed by atoms with Gasteiger partial charge in [0, 0.05) is 10.4 Å². The lowest BCUT2D eigenvalue weighted by Crippen LogP contribution is -1.96. The van der Waals surface area contributed by atoms with Crippen molar-refractivity contribution in [2.45, 2.75) is 12.8 Å². The molecule has 0 saturated carbocycles. The summed E-state index contributed by atoms with van der Waals surface area (Å²) >= 11 is 3.74. The maximum Gasteiger partial charge on any atom is 0.0279 e. The van der Waals surface area contributed by atoms with Gasteiger partial charge in [0.25, 0.3) is 0 Å². The van der Waals surface area contributed by atoms with Crippen molar-refractivity contribution in [1.82, 2.24) is 0 Å². The molecular formula is C20H15Br. The van der Waals surface area contributed by atoms with Crippen LogP contribution in [0.1, 0.15) is 28.2 Å². The Bertz CT molecular complexity index is 874. The fourth-order valence-corrected chi connectivity index (χ4v) is 3.78. The molecule has 0 nitrogen and oxygen atoms in total. The van der Waals surface area contributed by atoms with Crippen LogP contribution in [-0.4, -0.2) is 0 Å². The first-order valence-corrected chi connectivity index (χ1v) is 7.98. The highest BCUT2D eigenvalue weighted by atomic mass is 79.9. The quantitative estimate of drug-likeness (QED) is 0.506. The minimum Gasteiger partial charge on any atom is -0.0720 e. The molecule has 4 rings (SSSR count). The van der Waals surface area contributed by atoms with Crippen molar-refractivity contribution in [1.29, 1.82) is 0 Å². The molecule has 1 aliphatic carbocycles. The van der Waals surface area contributed by atoms with E-state index in [1.54, 1.807) is 0 Å². The summed E-state index contributed by atoms with van der Waals surface area (Å²) in [6.45, 7) is 2.13. The molecule has 0 N–H and O–H groups in total. The highest BCUT2D eigenvalue weighted by molar-refractivity contribution is 9.10. The van der Waals surface area contributed by atoms with Gasteiger partial charge in [0.2, 0.25) is 0 Å². The third-order valence-corrected chi connectivity index (χ3v) is 4.90. The predicted octanol–water partition coefficient (Wildman–Crippen LogP) is 6.07. The van der Waals surface area contributed by atoms with Gasteiger partial charge in [0.15, 0.2) is 0 Å². The topological polar surface area (TPSA) is 0 Å². The fraction of sp³-hybridized carbons (Fsp3) is 0.100. The minimum atomic E-state index is 0.364. The van der Waals surface area contributed by atoms with Gasteiger partial charge in [-0.15, -0.1) is 0 Å². The first kappa shape index (κ1) is 12.8. The number of hydrogen-bond acceptors (Lipinski definition) is 0. The van der Waals surface area contributed by atoms with Crippen LogP contribution in [0, 0.1) is 6.92 Å². The summed E-state index contributed by atoms with van der Waals surface area (Å²) in [6.07, 6.45) is 4.53. The van der Waals surface area contributed by atoms with Crippen molar-refractivity contribution in [3.63, 3.8) is 0 Å². The van der Waals surface area contributed by atoms with E-state index in [0.717, 1.165) is 0 Å². The molecule has 1 heteroatoms. The first-order valence-electron chi connectivity index (χ1n) is 7.19. The van der Waals surface area contributed by atoms with E-state index in [0.29, 0.717) is 5.92 Å². The molecule has 102 valence electrons. The Balaban J connectivity index is 1.89. The van der Waals surface area contributed by atoms with Crippen molar-refractivity contribution >= 4 is 32.8 Å². The summed E-state index contributed by atoms with van der Waals surface area (Å²) in [6, 6.07) is 19.8. The van der Waals surface area contributed by atoms with Gasteiger partial charge in [0.1, 0.15) is 0 Å². The van der Waals surface area contributed by atoms with Crippen LogP contribution >= 0.6 is 15.9 Å². The minimum absolute atomic E-state index is 0.364. The number of aryl methyl sites for hydroxylation is 1.